The van der Waals surface area contributed by atoms with Gasteiger partial charge in [0.05, 0.1) is 13.0 Å². The minimum absolute atomic E-state index is 0.0976. The summed E-state index contributed by atoms with van der Waals surface area (Å²) in [6.07, 6.45) is 0.219. The second-order valence-electron chi connectivity index (χ2n) is 6.38. The molecule has 1 aromatic rings. The zero-order chi connectivity index (χ0) is 19.6. The Morgan fingerprint density at radius 2 is 1.70 bits per heavy atom. The predicted molar refractivity (Wildman–Crippen MR) is 103 cm³/mol. The van der Waals surface area contributed by atoms with E-state index < -0.39 is 0 Å². The summed E-state index contributed by atoms with van der Waals surface area (Å²) in [4.78, 5) is 31.9. The molecule has 1 aliphatic heterocycles. The number of rotatable bonds is 6. The molecule has 0 saturated carbocycles. The first-order valence-corrected chi connectivity index (χ1v) is 9.29. The SMILES string of the molecule is CCNC(=NCCNC(=O)Cc1ccc(F)cc1)N1CCN(C(C)=O)CC1. The number of nitrogens with zero attached hydrogens (tertiary/aromatic N) is 3. The van der Waals surface area contributed by atoms with Crippen LogP contribution in [0.3, 0.4) is 0 Å². The molecule has 1 fully saturated rings. The van der Waals surface area contributed by atoms with Crippen molar-refractivity contribution in [2.75, 3.05) is 45.8 Å². The van der Waals surface area contributed by atoms with Crippen LogP contribution >= 0.6 is 0 Å². The summed E-state index contributed by atoms with van der Waals surface area (Å²) >= 11 is 0. The summed E-state index contributed by atoms with van der Waals surface area (Å²) < 4.78 is 12.9. The van der Waals surface area contributed by atoms with Gasteiger partial charge in [-0.2, -0.15) is 0 Å². The Kier molecular flexibility index (Phi) is 8.03. The summed E-state index contributed by atoms with van der Waals surface area (Å²) in [5.74, 6) is 0.472. The maximum absolute atomic E-state index is 12.9. The van der Waals surface area contributed by atoms with Crippen molar-refractivity contribution in [3.63, 3.8) is 0 Å². The van der Waals surface area contributed by atoms with Crippen LogP contribution in [0.25, 0.3) is 0 Å². The summed E-state index contributed by atoms with van der Waals surface area (Å²) in [6.45, 7) is 8.10. The van der Waals surface area contributed by atoms with Gasteiger partial charge in [-0.3, -0.25) is 14.6 Å². The molecule has 148 valence electrons. The fourth-order valence-electron chi connectivity index (χ4n) is 2.87. The molecule has 27 heavy (non-hydrogen) atoms. The van der Waals surface area contributed by atoms with E-state index in [-0.39, 0.29) is 24.1 Å². The number of nitrogens with one attached hydrogen (secondary N) is 2. The summed E-state index contributed by atoms with van der Waals surface area (Å²) in [5, 5.41) is 6.08. The lowest BCUT2D eigenvalue weighted by Crippen LogP contribution is -2.53. The Bertz CT molecular complexity index is 655. The standard InChI is InChI=1S/C19H28FN5O2/c1-3-21-19(25-12-10-24(11-13-25)15(2)26)23-9-8-22-18(27)14-16-4-6-17(20)7-5-16/h4-7H,3,8-14H2,1-2H3,(H,21,23)(H,22,27). The molecule has 1 aliphatic rings. The van der Waals surface area contributed by atoms with E-state index in [1.807, 2.05) is 11.8 Å². The Morgan fingerprint density at radius 3 is 2.30 bits per heavy atom. The van der Waals surface area contributed by atoms with E-state index in [1.54, 1.807) is 19.1 Å². The topological polar surface area (TPSA) is 77.0 Å². The van der Waals surface area contributed by atoms with Gasteiger partial charge in [-0.15, -0.1) is 0 Å². The van der Waals surface area contributed by atoms with E-state index >= 15 is 0 Å². The van der Waals surface area contributed by atoms with E-state index in [1.165, 1.54) is 12.1 Å². The van der Waals surface area contributed by atoms with Gasteiger partial charge in [0.25, 0.3) is 0 Å². The minimum Gasteiger partial charge on any atom is -0.357 e. The maximum atomic E-state index is 12.9. The molecule has 0 spiro atoms. The first kappa shape index (κ1) is 20.7. The van der Waals surface area contributed by atoms with Gasteiger partial charge in [-0.25, -0.2) is 4.39 Å². The number of hydrogen-bond acceptors (Lipinski definition) is 3. The number of benzene rings is 1. The van der Waals surface area contributed by atoms with Gasteiger partial charge in [0.15, 0.2) is 5.96 Å². The third kappa shape index (κ3) is 6.88. The Hall–Kier alpha value is -2.64. The van der Waals surface area contributed by atoms with E-state index in [0.29, 0.717) is 26.2 Å². The number of guanidine groups is 1. The lowest BCUT2D eigenvalue weighted by Gasteiger charge is -2.36. The maximum Gasteiger partial charge on any atom is 0.224 e. The normalized spacial score (nSPS) is 14.9. The number of halogens is 1. The summed E-state index contributed by atoms with van der Waals surface area (Å²) in [7, 11) is 0. The van der Waals surface area contributed by atoms with Crippen molar-refractivity contribution in [3.05, 3.63) is 35.6 Å². The molecule has 7 nitrogen and oxygen atoms in total. The van der Waals surface area contributed by atoms with E-state index in [2.05, 4.69) is 20.5 Å². The molecule has 2 N–H and O–H groups in total. The zero-order valence-corrected chi connectivity index (χ0v) is 16.0. The average Bonchev–Trinajstić information content (AvgIpc) is 2.66. The van der Waals surface area contributed by atoms with Crippen molar-refractivity contribution in [1.82, 2.24) is 20.4 Å². The van der Waals surface area contributed by atoms with Crippen molar-refractivity contribution < 1.29 is 14.0 Å². The highest BCUT2D eigenvalue weighted by molar-refractivity contribution is 5.81. The highest BCUT2D eigenvalue weighted by Crippen LogP contribution is 2.04. The second-order valence-corrected chi connectivity index (χ2v) is 6.38. The van der Waals surface area contributed by atoms with Gasteiger partial charge >= 0.3 is 0 Å². The van der Waals surface area contributed by atoms with E-state index in [4.69, 9.17) is 0 Å². The molecule has 0 aliphatic carbocycles. The lowest BCUT2D eigenvalue weighted by molar-refractivity contribution is -0.130. The van der Waals surface area contributed by atoms with Gasteiger partial charge in [-0.05, 0) is 24.6 Å². The number of carbonyl (C=O) groups excluding carboxylic acids is 2. The molecular weight excluding hydrogens is 349 g/mol. The van der Waals surface area contributed by atoms with Gasteiger partial charge in [-0.1, -0.05) is 12.1 Å². The smallest absolute Gasteiger partial charge is 0.224 e. The lowest BCUT2D eigenvalue weighted by atomic mass is 10.1. The van der Waals surface area contributed by atoms with Gasteiger partial charge in [0, 0.05) is 46.2 Å². The largest absolute Gasteiger partial charge is 0.357 e. The van der Waals surface area contributed by atoms with Crippen LogP contribution in [-0.2, 0) is 16.0 Å². The van der Waals surface area contributed by atoms with Crippen LogP contribution in [-0.4, -0.2) is 73.4 Å². The second kappa shape index (κ2) is 10.5. The summed E-state index contributed by atoms with van der Waals surface area (Å²) in [6, 6.07) is 5.91. The molecule has 8 heteroatoms. The Morgan fingerprint density at radius 1 is 1.07 bits per heavy atom. The highest BCUT2D eigenvalue weighted by Gasteiger charge is 2.20. The van der Waals surface area contributed by atoms with Crippen molar-refractivity contribution in [2.45, 2.75) is 20.3 Å². The molecule has 1 saturated heterocycles. The van der Waals surface area contributed by atoms with Crippen LogP contribution in [0.15, 0.2) is 29.3 Å². The van der Waals surface area contributed by atoms with Crippen molar-refractivity contribution in [1.29, 1.82) is 0 Å². The fourth-order valence-corrected chi connectivity index (χ4v) is 2.87. The number of aliphatic imine (C=N–C) groups is 1. The number of hydrogen-bond donors (Lipinski definition) is 2. The van der Waals surface area contributed by atoms with Crippen LogP contribution < -0.4 is 10.6 Å². The van der Waals surface area contributed by atoms with Crippen LogP contribution in [0.1, 0.15) is 19.4 Å². The third-order valence-corrected chi connectivity index (χ3v) is 4.33. The van der Waals surface area contributed by atoms with E-state index in [0.717, 1.165) is 31.2 Å². The molecule has 2 amide bonds. The van der Waals surface area contributed by atoms with Gasteiger partial charge in [0.1, 0.15) is 5.82 Å². The molecular formula is C19H28FN5O2. The van der Waals surface area contributed by atoms with Crippen LogP contribution in [0.2, 0.25) is 0 Å². The van der Waals surface area contributed by atoms with Gasteiger partial charge in [0.2, 0.25) is 11.8 Å². The third-order valence-electron chi connectivity index (χ3n) is 4.33. The average molecular weight is 377 g/mol. The van der Waals surface area contributed by atoms with E-state index in [9.17, 15) is 14.0 Å². The quantitative estimate of drug-likeness (QED) is 0.433. The minimum atomic E-state index is -0.311. The molecule has 1 heterocycles. The van der Waals surface area contributed by atoms with Crippen molar-refractivity contribution >= 4 is 17.8 Å². The molecule has 0 atom stereocenters. The Balaban J connectivity index is 1.76. The zero-order valence-electron chi connectivity index (χ0n) is 16.0. The van der Waals surface area contributed by atoms with Crippen molar-refractivity contribution in [3.8, 4) is 0 Å². The Labute approximate surface area is 159 Å². The molecule has 0 radical (unpaired) electrons. The van der Waals surface area contributed by atoms with Gasteiger partial charge < -0.3 is 20.4 Å². The number of amides is 2. The van der Waals surface area contributed by atoms with Crippen molar-refractivity contribution in [2.24, 2.45) is 4.99 Å². The monoisotopic (exact) mass is 377 g/mol. The van der Waals surface area contributed by atoms with Crippen LogP contribution in [0, 0.1) is 5.82 Å². The fraction of sp³-hybridized carbons (Fsp3) is 0.526. The van der Waals surface area contributed by atoms with Crippen LogP contribution in [0.5, 0.6) is 0 Å². The highest BCUT2D eigenvalue weighted by atomic mass is 19.1. The first-order valence-electron chi connectivity index (χ1n) is 9.29. The number of piperazine rings is 1. The molecule has 1 aromatic carbocycles. The molecule has 0 unspecified atom stereocenters. The summed E-state index contributed by atoms with van der Waals surface area (Å²) in [5.41, 5.74) is 0.772. The first-order chi connectivity index (χ1) is 13.0. The molecule has 0 bridgehead atoms. The number of carbonyl (C=O) groups is 2. The predicted octanol–water partition coefficient (Wildman–Crippen LogP) is 0.614. The van der Waals surface area contributed by atoms with Crippen LogP contribution in [0.4, 0.5) is 4.39 Å². The molecule has 2 rings (SSSR count). The molecule has 0 aromatic heterocycles.